The molecule has 0 saturated carbocycles. The Morgan fingerprint density at radius 2 is 1.83 bits per heavy atom. The summed E-state index contributed by atoms with van der Waals surface area (Å²) in [7, 11) is 0. The summed E-state index contributed by atoms with van der Waals surface area (Å²) in [5.41, 5.74) is 3.16. The van der Waals surface area contributed by atoms with E-state index in [1.807, 2.05) is 32.9 Å². The lowest BCUT2D eigenvalue weighted by molar-refractivity contribution is -0.394. The van der Waals surface area contributed by atoms with Crippen LogP contribution in [0, 0.1) is 41.0 Å². The van der Waals surface area contributed by atoms with E-state index in [0.717, 1.165) is 29.0 Å². The van der Waals surface area contributed by atoms with Crippen molar-refractivity contribution in [2.75, 3.05) is 6.61 Å². The van der Waals surface area contributed by atoms with Crippen LogP contribution in [0.5, 0.6) is 11.5 Å². The Bertz CT molecular complexity index is 1020. The number of carbonyl (C=O) groups is 1. The number of nitrogens with zero attached hydrogens (tertiary/aromatic N) is 3. The summed E-state index contributed by atoms with van der Waals surface area (Å²) >= 11 is 0. The first-order valence-electron chi connectivity index (χ1n) is 8.29. The van der Waals surface area contributed by atoms with Gasteiger partial charge in [-0.1, -0.05) is 12.1 Å². The monoisotopic (exact) mass is 402 g/mol. The van der Waals surface area contributed by atoms with Gasteiger partial charge in [0.2, 0.25) is 5.75 Å². The normalized spacial score (nSPS) is 10.7. The molecule has 2 rings (SSSR count). The predicted octanol–water partition coefficient (Wildman–Crippen LogP) is 2.66. The number of non-ortho nitro benzene ring substituents is 1. The van der Waals surface area contributed by atoms with E-state index in [1.165, 1.54) is 0 Å². The summed E-state index contributed by atoms with van der Waals surface area (Å²) < 4.78 is 5.52. The van der Waals surface area contributed by atoms with Crippen molar-refractivity contribution >= 4 is 23.5 Å². The number of hydrogen-bond donors (Lipinski definition) is 2. The van der Waals surface area contributed by atoms with E-state index in [2.05, 4.69) is 10.5 Å². The smallest absolute Gasteiger partial charge is 0.318 e. The third-order valence-corrected chi connectivity index (χ3v) is 4.13. The summed E-state index contributed by atoms with van der Waals surface area (Å²) in [5.74, 6) is -0.849. The summed E-state index contributed by atoms with van der Waals surface area (Å²) in [4.78, 5) is 31.9. The lowest BCUT2D eigenvalue weighted by Gasteiger charge is -2.13. The second kappa shape index (κ2) is 8.78. The van der Waals surface area contributed by atoms with Gasteiger partial charge in [-0.2, -0.15) is 5.10 Å². The van der Waals surface area contributed by atoms with Crippen LogP contribution in [0.2, 0.25) is 0 Å². The van der Waals surface area contributed by atoms with Gasteiger partial charge in [0, 0.05) is 6.07 Å². The van der Waals surface area contributed by atoms with E-state index in [0.29, 0.717) is 11.8 Å². The predicted molar refractivity (Wildman–Crippen MR) is 103 cm³/mol. The highest BCUT2D eigenvalue weighted by Gasteiger charge is 2.23. The first-order chi connectivity index (χ1) is 13.6. The molecule has 0 saturated heterocycles. The van der Waals surface area contributed by atoms with Crippen molar-refractivity contribution in [3.8, 4) is 11.5 Å². The number of ether oxygens (including phenoxy) is 1. The largest absolute Gasteiger partial charge is 0.502 e. The lowest BCUT2D eigenvalue weighted by atomic mass is 10.1. The highest BCUT2D eigenvalue weighted by Crippen LogP contribution is 2.33. The summed E-state index contributed by atoms with van der Waals surface area (Å²) in [6.07, 6.45) is 0.871. The van der Waals surface area contributed by atoms with Gasteiger partial charge in [-0.3, -0.25) is 25.0 Å². The highest BCUT2D eigenvalue weighted by atomic mass is 16.6. The minimum Gasteiger partial charge on any atom is -0.502 e. The Kier molecular flexibility index (Phi) is 6.44. The van der Waals surface area contributed by atoms with Crippen LogP contribution in [0.3, 0.4) is 0 Å². The molecule has 0 spiro atoms. The molecule has 0 aliphatic rings. The zero-order chi connectivity index (χ0) is 21.7. The first-order valence-corrected chi connectivity index (χ1v) is 8.29. The minimum atomic E-state index is -0.960. The molecular formula is C18H18N4O7. The van der Waals surface area contributed by atoms with Crippen molar-refractivity contribution in [1.29, 1.82) is 0 Å². The molecular weight excluding hydrogens is 384 g/mol. The molecule has 0 aliphatic heterocycles. The summed E-state index contributed by atoms with van der Waals surface area (Å²) in [6.45, 7) is 5.28. The van der Waals surface area contributed by atoms with Gasteiger partial charge in [0.15, 0.2) is 6.61 Å². The molecule has 2 aromatic rings. The van der Waals surface area contributed by atoms with Crippen LogP contribution in [0.15, 0.2) is 29.4 Å². The Morgan fingerprint density at radius 3 is 2.45 bits per heavy atom. The number of phenols is 1. The number of amides is 1. The van der Waals surface area contributed by atoms with Gasteiger partial charge in [-0.15, -0.1) is 0 Å². The van der Waals surface area contributed by atoms with Gasteiger partial charge < -0.3 is 9.84 Å². The van der Waals surface area contributed by atoms with Gasteiger partial charge >= 0.3 is 5.69 Å². The van der Waals surface area contributed by atoms with E-state index >= 15 is 0 Å². The van der Waals surface area contributed by atoms with E-state index in [9.17, 15) is 30.1 Å². The van der Waals surface area contributed by atoms with Gasteiger partial charge in [-0.05, 0) is 37.5 Å². The van der Waals surface area contributed by atoms with Crippen LogP contribution in [-0.2, 0) is 4.79 Å². The fourth-order valence-electron chi connectivity index (χ4n) is 2.46. The van der Waals surface area contributed by atoms with Crippen LogP contribution in [0.4, 0.5) is 11.4 Å². The van der Waals surface area contributed by atoms with E-state index in [-0.39, 0.29) is 12.2 Å². The number of aromatic hydroxyl groups is 1. The van der Waals surface area contributed by atoms with E-state index in [4.69, 9.17) is 4.74 Å². The van der Waals surface area contributed by atoms with Crippen molar-refractivity contribution in [1.82, 2.24) is 5.43 Å². The molecule has 152 valence electrons. The number of phenolic OH excluding ortho intramolecular Hbond substituents is 1. The van der Waals surface area contributed by atoms with Gasteiger partial charge in [-0.25, -0.2) is 5.43 Å². The average molecular weight is 402 g/mol. The van der Waals surface area contributed by atoms with E-state index < -0.39 is 32.9 Å². The molecule has 0 fully saturated rings. The SMILES string of the molecule is Cc1ccc(C)c(OCC(=O)N/N=C\c2cc([N+](=O)[O-])cc([N+](=O)[O-])c2O)c1C. The van der Waals surface area contributed by atoms with Crippen molar-refractivity contribution < 1.29 is 24.5 Å². The van der Waals surface area contributed by atoms with Crippen LogP contribution in [0.1, 0.15) is 22.3 Å². The van der Waals surface area contributed by atoms with Crippen molar-refractivity contribution in [2.45, 2.75) is 20.8 Å². The van der Waals surface area contributed by atoms with Gasteiger partial charge in [0.05, 0.1) is 27.7 Å². The maximum atomic E-state index is 11.9. The van der Waals surface area contributed by atoms with Crippen molar-refractivity contribution in [3.63, 3.8) is 0 Å². The number of nitro groups is 2. The topological polar surface area (TPSA) is 157 Å². The fourth-order valence-corrected chi connectivity index (χ4v) is 2.46. The number of hydrogen-bond acceptors (Lipinski definition) is 8. The number of aryl methyl sites for hydroxylation is 2. The third-order valence-electron chi connectivity index (χ3n) is 4.13. The summed E-state index contributed by atoms with van der Waals surface area (Å²) in [6, 6.07) is 5.33. The highest BCUT2D eigenvalue weighted by molar-refractivity contribution is 5.88. The van der Waals surface area contributed by atoms with Crippen LogP contribution in [-0.4, -0.2) is 33.7 Å². The molecule has 1 amide bonds. The number of carbonyl (C=O) groups excluding carboxylic acids is 1. The second-order valence-electron chi connectivity index (χ2n) is 6.15. The molecule has 0 aromatic heterocycles. The van der Waals surface area contributed by atoms with Crippen LogP contribution >= 0.6 is 0 Å². The zero-order valence-electron chi connectivity index (χ0n) is 15.8. The fraction of sp³-hybridized carbons (Fsp3) is 0.222. The Hall–Kier alpha value is -4.02. The number of benzene rings is 2. The number of nitro benzene ring substituents is 2. The third kappa shape index (κ3) is 5.03. The quantitative estimate of drug-likeness (QED) is 0.409. The Balaban J connectivity index is 2.10. The minimum absolute atomic E-state index is 0.294. The van der Waals surface area contributed by atoms with Crippen molar-refractivity contribution in [3.05, 3.63) is 66.7 Å². The maximum absolute atomic E-state index is 11.9. The molecule has 0 atom stereocenters. The van der Waals surface area contributed by atoms with Crippen LogP contribution in [0.25, 0.3) is 0 Å². The van der Waals surface area contributed by atoms with Crippen molar-refractivity contribution in [2.24, 2.45) is 5.10 Å². The first kappa shape index (κ1) is 21.3. The Morgan fingerprint density at radius 1 is 1.17 bits per heavy atom. The molecule has 0 aliphatic carbocycles. The molecule has 0 heterocycles. The second-order valence-corrected chi connectivity index (χ2v) is 6.15. The van der Waals surface area contributed by atoms with Crippen LogP contribution < -0.4 is 10.2 Å². The zero-order valence-corrected chi connectivity index (χ0v) is 15.8. The number of hydrazone groups is 1. The molecule has 0 radical (unpaired) electrons. The van der Waals surface area contributed by atoms with E-state index in [1.54, 1.807) is 0 Å². The summed E-state index contributed by atoms with van der Waals surface area (Å²) in [5, 5.41) is 35.3. The molecule has 11 nitrogen and oxygen atoms in total. The van der Waals surface area contributed by atoms with Gasteiger partial charge in [0.1, 0.15) is 5.75 Å². The number of nitrogens with one attached hydrogen (secondary N) is 1. The molecule has 0 unspecified atom stereocenters. The molecule has 11 heteroatoms. The average Bonchev–Trinajstić information content (AvgIpc) is 2.65. The molecule has 2 aromatic carbocycles. The number of rotatable bonds is 7. The molecule has 2 N–H and O–H groups in total. The lowest BCUT2D eigenvalue weighted by Crippen LogP contribution is -2.25. The Labute approximate surface area is 164 Å². The van der Waals surface area contributed by atoms with Gasteiger partial charge in [0.25, 0.3) is 11.6 Å². The molecule has 29 heavy (non-hydrogen) atoms. The molecule has 0 bridgehead atoms. The maximum Gasteiger partial charge on any atom is 0.318 e. The standard InChI is InChI=1S/C18H18N4O7/c1-10-4-5-11(2)18(12(10)3)29-9-16(23)20-19-8-13-6-14(21(25)26)7-15(17(13)24)22(27)28/h4-8,24H,9H2,1-3H3,(H,20,23)/b19-8-.